The van der Waals surface area contributed by atoms with Gasteiger partial charge in [0.15, 0.2) is 6.04 Å². The molecule has 3 aromatic carbocycles. The number of anilines is 1. The largest absolute Gasteiger partial charge is 0.457 e. The molecule has 2 heterocycles. The van der Waals surface area contributed by atoms with Gasteiger partial charge in [-0.3, -0.25) is 4.79 Å². The molecule has 190 valence electrons. The summed E-state index contributed by atoms with van der Waals surface area (Å²) < 4.78 is 61.1. The number of ether oxygens (including phenoxy) is 1. The summed E-state index contributed by atoms with van der Waals surface area (Å²) in [5.41, 5.74) is 1.48. The van der Waals surface area contributed by atoms with Crippen molar-refractivity contribution in [2.45, 2.75) is 31.2 Å². The van der Waals surface area contributed by atoms with Crippen molar-refractivity contribution in [3.8, 4) is 11.5 Å². The van der Waals surface area contributed by atoms with E-state index in [4.69, 9.17) is 4.74 Å². The van der Waals surface area contributed by atoms with Crippen molar-refractivity contribution in [2.24, 2.45) is 0 Å². The number of aromatic nitrogens is 2. The van der Waals surface area contributed by atoms with Gasteiger partial charge in [-0.05, 0) is 47.5 Å². The Labute approximate surface area is 209 Å². The quantitative estimate of drug-likeness (QED) is 0.295. The van der Waals surface area contributed by atoms with Gasteiger partial charge >= 0.3 is 6.18 Å². The smallest absolute Gasteiger partial charge is 0.410 e. The number of carbonyl (C=O) groups excluding carboxylic acids is 1. The molecule has 0 bridgehead atoms. The van der Waals surface area contributed by atoms with E-state index >= 15 is 0 Å². The van der Waals surface area contributed by atoms with E-state index in [1.54, 1.807) is 54.6 Å². The number of fused-ring (bicyclic) bond motifs is 1. The van der Waals surface area contributed by atoms with E-state index in [2.05, 4.69) is 15.7 Å². The SMILES string of the molecule is O=C(NCc1ccc(Oc2ccc(F)cc2)cc1)c1cnn2c1NC(c1ccccc1)CC2C(F)(F)F. The number of rotatable bonds is 6. The Bertz CT molecular complexity index is 1370. The molecule has 0 saturated heterocycles. The number of hydrogen-bond donors (Lipinski definition) is 2. The van der Waals surface area contributed by atoms with Crippen molar-refractivity contribution < 1.29 is 27.1 Å². The minimum absolute atomic E-state index is 0.0305. The molecule has 2 atom stereocenters. The van der Waals surface area contributed by atoms with Crippen LogP contribution in [-0.4, -0.2) is 21.9 Å². The summed E-state index contributed by atoms with van der Waals surface area (Å²) in [5.74, 6) is 0.129. The third kappa shape index (κ3) is 5.42. The summed E-state index contributed by atoms with van der Waals surface area (Å²) in [7, 11) is 0. The van der Waals surface area contributed by atoms with Crippen LogP contribution < -0.4 is 15.4 Å². The first-order chi connectivity index (χ1) is 17.8. The number of hydrogen-bond acceptors (Lipinski definition) is 4. The fraction of sp³-hybridized carbons (Fsp3) is 0.185. The Morgan fingerprint density at radius 1 is 1.00 bits per heavy atom. The second kappa shape index (κ2) is 9.96. The number of alkyl halides is 3. The lowest BCUT2D eigenvalue weighted by Crippen LogP contribution is -2.36. The Kier molecular flexibility index (Phi) is 6.56. The maximum atomic E-state index is 13.9. The highest BCUT2D eigenvalue weighted by Gasteiger charge is 2.47. The second-order valence-corrected chi connectivity index (χ2v) is 8.63. The van der Waals surface area contributed by atoms with Crippen LogP contribution in [0.5, 0.6) is 11.5 Å². The van der Waals surface area contributed by atoms with Crippen LogP contribution in [0.4, 0.5) is 23.4 Å². The van der Waals surface area contributed by atoms with Gasteiger partial charge in [-0.15, -0.1) is 0 Å². The second-order valence-electron chi connectivity index (χ2n) is 8.63. The number of carbonyl (C=O) groups is 1. The Morgan fingerprint density at radius 2 is 1.65 bits per heavy atom. The number of amides is 1. The average Bonchev–Trinajstić information content (AvgIpc) is 3.33. The first kappa shape index (κ1) is 24.4. The van der Waals surface area contributed by atoms with Crippen LogP contribution in [0.3, 0.4) is 0 Å². The summed E-state index contributed by atoms with van der Waals surface area (Å²) in [6.07, 6.45) is -3.61. The summed E-state index contributed by atoms with van der Waals surface area (Å²) >= 11 is 0. The summed E-state index contributed by atoms with van der Waals surface area (Å²) in [6, 6.07) is 18.8. The number of nitrogens with one attached hydrogen (secondary N) is 2. The highest BCUT2D eigenvalue weighted by Crippen LogP contribution is 2.44. The molecule has 2 N–H and O–H groups in total. The van der Waals surface area contributed by atoms with Gasteiger partial charge in [-0.2, -0.15) is 18.3 Å². The molecular formula is C27H22F4N4O2. The molecule has 0 radical (unpaired) electrons. The highest BCUT2D eigenvalue weighted by atomic mass is 19.4. The molecule has 2 unspecified atom stereocenters. The molecule has 4 aromatic rings. The Balaban J connectivity index is 1.28. The normalized spacial score (nSPS) is 17.0. The van der Waals surface area contributed by atoms with Crippen molar-refractivity contribution in [2.75, 3.05) is 5.32 Å². The molecule has 5 rings (SSSR count). The molecule has 0 fully saturated rings. The zero-order chi connectivity index (χ0) is 26.0. The van der Waals surface area contributed by atoms with Gasteiger partial charge in [0, 0.05) is 13.0 Å². The zero-order valence-corrected chi connectivity index (χ0v) is 19.4. The van der Waals surface area contributed by atoms with Crippen LogP contribution in [0, 0.1) is 5.82 Å². The third-order valence-electron chi connectivity index (χ3n) is 6.11. The number of benzene rings is 3. The van der Waals surface area contributed by atoms with E-state index < -0.39 is 24.2 Å². The molecular weight excluding hydrogens is 488 g/mol. The van der Waals surface area contributed by atoms with E-state index in [9.17, 15) is 22.4 Å². The van der Waals surface area contributed by atoms with Crippen molar-refractivity contribution >= 4 is 11.7 Å². The van der Waals surface area contributed by atoms with Gasteiger partial charge < -0.3 is 15.4 Å². The van der Waals surface area contributed by atoms with Crippen LogP contribution in [0.2, 0.25) is 0 Å². The van der Waals surface area contributed by atoms with Crippen LogP contribution >= 0.6 is 0 Å². The monoisotopic (exact) mass is 510 g/mol. The molecule has 37 heavy (non-hydrogen) atoms. The molecule has 1 aliphatic heterocycles. The lowest BCUT2D eigenvalue weighted by atomic mass is 9.96. The maximum absolute atomic E-state index is 13.9. The van der Waals surface area contributed by atoms with Crippen molar-refractivity contribution in [1.29, 1.82) is 0 Å². The van der Waals surface area contributed by atoms with Gasteiger partial charge in [0.2, 0.25) is 0 Å². The molecule has 1 aromatic heterocycles. The van der Waals surface area contributed by atoms with Crippen molar-refractivity contribution in [3.63, 3.8) is 0 Å². The predicted octanol–water partition coefficient (Wildman–Crippen LogP) is 6.40. The van der Waals surface area contributed by atoms with Crippen LogP contribution in [-0.2, 0) is 6.54 Å². The van der Waals surface area contributed by atoms with Crippen molar-refractivity contribution in [3.05, 3.63) is 108 Å². The Hall–Kier alpha value is -4.34. The molecule has 1 amide bonds. The maximum Gasteiger partial charge on any atom is 0.410 e. The third-order valence-corrected chi connectivity index (χ3v) is 6.11. The lowest BCUT2D eigenvalue weighted by molar-refractivity contribution is -0.173. The van der Waals surface area contributed by atoms with Gasteiger partial charge in [0.25, 0.3) is 5.91 Å². The standard InChI is InChI=1S/C27H22F4N4O2/c28-19-8-12-21(13-9-19)37-20-10-6-17(7-11-20)15-32-26(36)22-16-33-35-24(27(29,30)31)14-23(34-25(22)35)18-4-2-1-3-5-18/h1-13,16,23-24,34H,14-15H2,(H,32,36). The van der Waals surface area contributed by atoms with Crippen LogP contribution in [0.25, 0.3) is 0 Å². The molecule has 0 spiro atoms. The molecule has 10 heteroatoms. The first-order valence-corrected chi connectivity index (χ1v) is 11.5. The number of nitrogens with zero attached hydrogens (tertiary/aromatic N) is 2. The predicted molar refractivity (Wildman–Crippen MR) is 129 cm³/mol. The minimum Gasteiger partial charge on any atom is -0.457 e. The molecule has 6 nitrogen and oxygen atoms in total. The van der Waals surface area contributed by atoms with Gasteiger partial charge in [0.1, 0.15) is 28.7 Å². The van der Waals surface area contributed by atoms with E-state index in [0.29, 0.717) is 17.1 Å². The van der Waals surface area contributed by atoms with Crippen LogP contribution in [0.1, 0.15) is 40.0 Å². The Morgan fingerprint density at radius 3 is 2.30 bits per heavy atom. The van der Waals surface area contributed by atoms with Gasteiger partial charge in [-0.25, -0.2) is 9.07 Å². The zero-order valence-electron chi connectivity index (χ0n) is 19.4. The molecule has 0 saturated carbocycles. The van der Waals surface area contributed by atoms with Crippen molar-refractivity contribution in [1.82, 2.24) is 15.1 Å². The average molecular weight is 510 g/mol. The topological polar surface area (TPSA) is 68.2 Å². The molecule has 0 aliphatic carbocycles. The van der Waals surface area contributed by atoms with Gasteiger partial charge in [-0.1, -0.05) is 42.5 Å². The summed E-state index contributed by atoms with van der Waals surface area (Å²) in [6.45, 7) is 0.144. The van der Waals surface area contributed by atoms with E-state index in [-0.39, 0.29) is 30.2 Å². The summed E-state index contributed by atoms with van der Waals surface area (Å²) in [5, 5.41) is 9.71. The summed E-state index contributed by atoms with van der Waals surface area (Å²) in [4.78, 5) is 12.9. The fourth-order valence-corrected chi connectivity index (χ4v) is 4.22. The lowest BCUT2D eigenvalue weighted by Gasteiger charge is -2.34. The van der Waals surface area contributed by atoms with E-state index in [1.165, 1.54) is 24.3 Å². The molecule has 1 aliphatic rings. The number of halogens is 4. The highest BCUT2D eigenvalue weighted by molar-refractivity contribution is 5.98. The van der Waals surface area contributed by atoms with Gasteiger partial charge in [0.05, 0.1) is 12.2 Å². The van der Waals surface area contributed by atoms with E-state index in [1.807, 2.05) is 0 Å². The fourth-order valence-electron chi connectivity index (χ4n) is 4.22. The van der Waals surface area contributed by atoms with E-state index in [0.717, 1.165) is 16.4 Å². The van der Waals surface area contributed by atoms with Crippen LogP contribution in [0.15, 0.2) is 85.1 Å². The minimum atomic E-state index is -4.53. The first-order valence-electron chi connectivity index (χ1n) is 11.5.